The molecule has 0 aliphatic rings. The van der Waals surface area contributed by atoms with Gasteiger partial charge in [-0.3, -0.25) is 9.59 Å². The molecular weight excluding hydrogens is 256 g/mol. The van der Waals surface area contributed by atoms with E-state index >= 15 is 0 Å². The number of hydrogen-bond acceptors (Lipinski definition) is 4. The molecule has 5 heteroatoms. The van der Waals surface area contributed by atoms with E-state index in [2.05, 4.69) is 10.6 Å². The van der Waals surface area contributed by atoms with E-state index in [1.54, 1.807) is 0 Å². The van der Waals surface area contributed by atoms with E-state index in [1.807, 2.05) is 45.0 Å². The van der Waals surface area contributed by atoms with Crippen LogP contribution in [0.25, 0.3) is 0 Å². The van der Waals surface area contributed by atoms with Crippen molar-refractivity contribution in [1.82, 2.24) is 5.32 Å². The van der Waals surface area contributed by atoms with E-state index in [9.17, 15) is 9.59 Å². The van der Waals surface area contributed by atoms with Crippen molar-refractivity contribution in [1.29, 1.82) is 0 Å². The third-order valence-electron chi connectivity index (χ3n) is 2.29. The van der Waals surface area contributed by atoms with E-state index in [4.69, 9.17) is 4.74 Å². The van der Waals surface area contributed by atoms with Crippen LogP contribution in [0.2, 0.25) is 0 Å². The number of hydrogen-bond donors (Lipinski definition) is 2. The maximum absolute atomic E-state index is 11.5. The summed E-state index contributed by atoms with van der Waals surface area (Å²) in [6.45, 7) is 7.73. The number of esters is 1. The molecule has 0 saturated carbocycles. The van der Waals surface area contributed by atoms with Crippen LogP contribution in [-0.2, 0) is 20.9 Å². The molecule has 5 nitrogen and oxygen atoms in total. The second-order valence-electron chi connectivity index (χ2n) is 5.57. The Labute approximate surface area is 119 Å². The van der Waals surface area contributed by atoms with Crippen LogP contribution >= 0.6 is 0 Å². The molecule has 1 amide bonds. The summed E-state index contributed by atoms with van der Waals surface area (Å²) in [5.74, 6) is -0.367. The zero-order valence-corrected chi connectivity index (χ0v) is 12.4. The number of ether oxygens (including phenoxy) is 1. The van der Waals surface area contributed by atoms with Gasteiger partial charge in [0.25, 0.3) is 0 Å². The second-order valence-corrected chi connectivity index (χ2v) is 5.57. The third-order valence-corrected chi connectivity index (χ3v) is 2.29. The lowest BCUT2D eigenvalue weighted by Gasteiger charge is -2.19. The van der Waals surface area contributed by atoms with Crippen molar-refractivity contribution in [3.05, 3.63) is 29.8 Å². The van der Waals surface area contributed by atoms with Gasteiger partial charge >= 0.3 is 5.97 Å². The van der Waals surface area contributed by atoms with Crippen molar-refractivity contribution in [2.45, 2.75) is 39.8 Å². The molecule has 110 valence electrons. The lowest BCUT2D eigenvalue weighted by Crippen LogP contribution is -2.31. The average molecular weight is 278 g/mol. The van der Waals surface area contributed by atoms with Crippen LogP contribution < -0.4 is 10.6 Å². The van der Waals surface area contributed by atoms with Gasteiger partial charge in [0.1, 0.15) is 5.60 Å². The lowest BCUT2D eigenvalue weighted by atomic mass is 10.2. The third kappa shape index (κ3) is 6.89. The first-order chi connectivity index (χ1) is 9.26. The van der Waals surface area contributed by atoms with Gasteiger partial charge in [-0.05, 0) is 38.5 Å². The van der Waals surface area contributed by atoms with E-state index in [0.717, 1.165) is 11.3 Å². The Bertz CT molecular complexity index is 461. The largest absolute Gasteiger partial charge is 0.459 e. The Balaban J connectivity index is 2.35. The van der Waals surface area contributed by atoms with Crippen molar-refractivity contribution in [3.8, 4) is 0 Å². The molecule has 20 heavy (non-hydrogen) atoms. The first kappa shape index (κ1) is 16.2. The van der Waals surface area contributed by atoms with Crippen LogP contribution in [-0.4, -0.2) is 24.0 Å². The fourth-order valence-electron chi connectivity index (χ4n) is 1.60. The predicted octanol–water partition coefficient (Wildman–Crippen LogP) is 2.08. The summed E-state index contributed by atoms with van der Waals surface area (Å²) < 4.78 is 5.19. The van der Waals surface area contributed by atoms with Crippen LogP contribution in [0.4, 0.5) is 5.69 Å². The van der Waals surface area contributed by atoms with Gasteiger partial charge in [0.2, 0.25) is 5.91 Å². The smallest absolute Gasteiger partial charge is 0.320 e. The Morgan fingerprint density at radius 2 is 1.75 bits per heavy atom. The molecule has 1 aromatic carbocycles. The molecule has 0 atom stereocenters. The van der Waals surface area contributed by atoms with E-state index in [-0.39, 0.29) is 18.4 Å². The number of rotatable bonds is 5. The Morgan fingerprint density at radius 3 is 2.25 bits per heavy atom. The molecule has 0 spiro atoms. The summed E-state index contributed by atoms with van der Waals surface area (Å²) in [6.07, 6.45) is 0. The van der Waals surface area contributed by atoms with Crippen molar-refractivity contribution in [3.63, 3.8) is 0 Å². The van der Waals surface area contributed by atoms with Crippen LogP contribution in [0, 0.1) is 0 Å². The van der Waals surface area contributed by atoms with Crippen molar-refractivity contribution in [2.75, 3.05) is 11.9 Å². The number of amides is 1. The minimum absolute atomic E-state index is 0.0965. The molecule has 0 saturated heterocycles. The van der Waals surface area contributed by atoms with Crippen LogP contribution in [0.5, 0.6) is 0 Å². The Morgan fingerprint density at radius 1 is 1.15 bits per heavy atom. The highest BCUT2D eigenvalue weighted by molar-refractivity contribution is 5.88. The molecule has 0 aromatic heterocycles. The highest BCUT2D eigenvalue weighted by Crippen LogP contribution is 2.09. The van der Waals surface area contributed by atoms with Gasteiger partial charge in [-0.25, -0.2) is 0 Å². The lowest BCUT2D eigenvalue weighted by molar-refractivity contribution is -0.153. The second kappa shape index (κ2) is 7.05. The maximum atomic E-state index is 11.5. The van der Waals surface area contributed by atoms with Gasteiger partial charge in [-0.2, -0.15) is 0 Å². The number of carbonyl (C=O) groups is 2. The number of nitrogens with one attached hydrogen (secondary N) is 2. The molecular formula is C15H22N2O3. The molecule has 2 N–H and O–H groups in total. The fraction of sp³-hybridized carbons (Fsp3) is 0.467. The molecule has 0 unspecified atom stereocenters. The molecule has 0 fully saturated rings. The summed E-state index contributed by atoms with van der Waals surface area (Å²) in [6, 6.07) is 7.44. The standard InChI is InChI=1S/C15H22N2O3/c1-11(18)17-13-7-5-12(6-8-13)9-16-10-14(19)20-15(2,3)4/h5-8,16H,9-10H2,1-4H3,(H,17,18). The van der Waals surface area contributed by atoms with Gasteiger partial charge in [-0.1, -0.05) is 12.1 Å². The zero-order chi connectivity index (χ0) is 15.2. The highest BCUT2D eigenvalue weighted by atomic mass is 16.6. The molecule has 0 radical (unpaired) electrons. The first-order valence-corrected chi connectivity index (χ1v) is 6.55. The van der Waals surface area contributed by atoms with Gasteiger partial charge < -0.3 is 15.4 Å². The van der Waals surface area contributed by atoms with Crippen molar-refractivity contribution in [2.24, 2.45) is 0 Å². The van der Waals surface area contributed by atoms with Crippen LogP contribution in [0.3, 0.4) is 0 Å². The fourth-order valence-corrected chi connectivity index (χ4v) is 1.60. The molecule has 1 rings (SSSR count). The molecule has 0 aliphatic carbocycles. The topological polar surface area (TPSA) is 67.4 Å². The van der Waals surface area contributed by atoms with Crippen molar-refractivity contribution >= 4 is 17.6 Å². The van der Waals surface area contributed by atoms with E-state index < -0.39 is 5.60 Å². The van der Waals surface area contributed by atoms with Gasteiger partial charge in [0.15, 0.2) is 0 Å². The monoisotopic (exact) mass is 278 g/mol. The Hall–Kier alpha value is -1.88. The normalized spacial score (nSPS) is 11.0. The molecule has 0 heterocycles. The predicted molar refractivity (Wildman–Crippen MR) is 78.3 cm³/mol. The average Bonchev–Trinajstić information content (AvgIpc) is 2.28. The Kier molecular flexibility index (Phi) is 5.70. The minimum Gasteiger partial charge on any atom is -0.459 e. The van der Waals surface area contributed by atoms with Gasteiger partial charge in [-0.15, -0.1) is 0 Å². The highest BCUT2D eigenvalue weighted by Gasteiger charge is 2.15. The van der Waals surface area contributed by atoms with Crippen LogP contribution in [0.15, 0.2) is 24.3 Å². The quantitative estimate of drug-likeness (QED) is 0.809. The zero-order valence-electron chi connectivity index (χ0n) is 12.4. The van der Waals surface area contributed by atoms with Gasteiger partial charge in [0, 0.05) is 19.2 Å². The van der Waals surface area contributed by atoms with E-state index in [0.29, 0.717) is 6.54 Å². The maximum Gasteiger partial charge on any atom is 0.320 e. The summed E-state index contributed by atoms with van der Waals surface area (Å²) in [4.78, 5) is 22.4. The first-order valence-electron chi connectivity index (χ1n) is 6.55. The number of benzene rings is 1. The number of anilines is 1. The number of carbonyl (C=O) groups excluding carboxylic acids is 2. The molecule has 1 aromatic rings. The summed E-state index contributed by atoms with van der Waals surface area (Å²) in [7, 11) is 0. The summed E-state index contributed by atoms with van der Waals surface area (Å²) >= 11 is 0. The minimum atomic E-state index is -0.460. The molecule has 0 aliphatic heterocycles. The van der Waals surface area contributed by atoms with Gasteiger partial charge in [0.05, 0.1) is 6.54 Å². The van der Waals surface area contributed by atoms with Crippen LogP contribution in [0.1, 0.15) is 33.3 Å². The summed E-state index contributed by atoms with van der Waals surface area (Å²) in [5, 5.41) is 5.72. The van der Waals surface area contributed by atoms with Crippen molar-refractivity contribution < 1.29 is 14.3 Å². The SMILES string of the molecule is CC(=O)Nc1ccc(CNCC(=O)OC(C)(C)C)cc1. The molecule has 0 bridgehead atoms. The van der Waals surface area contributed by atoms with E-state index in [1.165, 1.54) is 6.92 Å². The summed E-state index contributed by atoms with van der Waals surface area (Å²) in [5.41, 5.74) is 1.33.